The lowest BCUT2D eigenvalue weighted by molar-refractivity contribution is -0.120. The minimum atomic E-state index is -0.219. The molecule has 0 spiro atoms. The summed E-state index contributed by atoms with van der Waals surface area (Å²) in [7, 11) is 0. The number of carbonyl (C=O) groups excluding carboxylic acids is 2. The minimum absolute atomic E-state index is 0.119. The van der Waals surface area contributed by atoms with Crippen LogP contribution in [0.3, 0.4) is 0 Å². The smallest absolute Gasteiger partial charge is 0.251 e. The molecule has 5 heteroatoms. The van der Waals surface area contributed by atoms with Crippen molar-refractivity contribution in [2.75, 3.05) is 13.1 Å². The third-order valence-corrected chi connectivity index (χ3v) is 2.44. The maximum atomic E-state index is 11.6. The molecule has 0 radical (unpaired) electrons. The molecule has 0 saturated heterocycles. The summed E-state index contributed by atoms with van der Waals surface area (Å²) >= 11 is 5.72. The van der Waals surface area contributed by atoms with Crippen LogP contribution in [0.15, 0.2) is 36.9 Å². The third-order valence-electron chi connectivity index (χ3n) is 2.19. The summed E-state index contributed by atoms with van der Waals surface area (Å²) < 4.78 is 0. The molecule has 0 bridgehead atoms. The van der Waals surface area contributed by atoms with Gasteiger partial charge < -0.3 is 10.6 Å². The van der Waals surface area contributed by atoms with Crippen molar-refractivity contribution in [3.63, 3.8) is 0 Å². The second kappa shape index (κ2) is 7.50. The monoisotopic (exact) mass is 266 g/mol. The molecule has 2 N–H and O–H groups in total. The fourth-order valence-electron chi connectivity index (χ4n) is 1.27. The average molecular weight is 267 g/mol. The highest BCUT2D eigenvalue weighted by atomic mass is 35.5. The van der Waals surface area contributed by atoms with E-state index in [1.54, 1.807) is 30.3 Å². The van der Waals surface area contributed by atoms with Crippen LogP contribution in [-0.4, -0.2) is 24.9 Å². The van der Waals surface area contributed by atoms with Crippen LogP contribution in [0.4, 0.5) is 0 Å². The largest absolute Gasteiger partial charge is 0.353 e. The van der Waals surface area contributed by atoms with Gasteiger partial charge in [0.1, 0.15) is 0 Å². The minimum Gasteiger partial charge on any atom is -0.353 e. The highest BCUT2D eigenvalue weighted by molar-refractivity contribution is 6.30. The van der Waals surface area contributed by atoms with Gasteiger partial charge in [-0.3, -0.25) is 9.59 Å². The first-order valence-corrected chi connectivity index (χ1v) is 5.92. The van der Waals surface area contributed by atoms with Gasteiger partial charge >= 0.3 is 0 Å². The van der Waals surface area contributed by atoms with E-state index >= 15 is 0 Å². The quantitative estimate of drug-likeness (QED) is 0.771. The number of nitrogens with one attached hydrogen (secondary N) is 2. The molecule has 4 nitrogen and oxygen atoms in total. The van der Waals surface area contributed by atoms with E-state index in [1.165, 1.54) is 0 Å². The Kier molecular flexibility index (Phi) is 5.94. The molecule has 18 heavy (non-hydrogen) atoms. The van der Waals surface area contributed by atoms with Crippen LogP contribution in [0.1, 0.15) is 16.8 Å². The first-order chi connectivity index (χ1) is 8.63. The number of benzene rings is 1. The van der Waals surface area contributed by atoms with Gasteiger partial charge in [-0.2, -0.15) is 0 Å². The molecule has 0 atom stereocenters. The van der Waals surface area contributed by atoms with E-state index in [2.05, 4.69) is 17.2 Å². The van der Waals surface area contributed by atoms with Gasteiger partial charge in [0, 0.05) is 30.1 Å². The van der Waals surface area contributed by atoms with E-state index in [1.807, 2.05) is 0 Å². The molecule has 0 aromatic heterocycles. The Balaban J connectivity index is 2.31. The topological polar surface area (TPSA) is 58.2 Å². The predicted molar refractivity (Wildman–Crippen MR) is 71.6 cm³/mol. The summed E-state index contributed by atoms with van der Waals surface area (Å²) in [6.07, 6.45) is 1.84. The van der Waals surface area contributed by atoms with Crippen LogP contribution >= 0.6 is 11.6 Å². The summed E-state index contributed by atoms with van der Waals surface area (Å²) in [6, 6.07) is 6.56. The van der Waals surface area contributed by atoms with Crippen LogP contribution in [0.25, 0.3) is 0 Å². The number of amides is 2. The van der Waals surface area contributed by atoms with E-state index in [0.29, 0.717) is 23.7 Å². The molecular weight excluding hydrogens is 252 g/mol. The van der Waals surface area contributed by atoms with Crippen molar-refractivity contribution in [3.05, 3.63) is 47.5 Å². The molecule has 0 aliphatic rings. The zero-order chi connectivity index (χ0) is 13.4. The average Bonchev–Trinajstić information content (AvgIpc) is 2.37. The summed E-state index contributed by atoms with van der Waals surface area (Å²) in [6.45, 7) is 4.22. The first kappa shape index (κ1) is 14.3. The Bertz CT molecular complexity index is 429. The number of rotatable bonds is 6. The summed E-state index contributed by atoms with van der Waals surface area (Å²) in [5, 5.41) is 5.86. The zero-order valence-electron chi connectivity index (χ0n) is 9.91. The fourth-order valence-corrected chi connectivity index (χ4v) is 1.39. The number of carbonyl (C=O) groups is 2. The molecule has 1 rings (SSSR count). The van der Waals surface area contributed by atoms with Crippen molar-refractivity contribution in [1.29, 1.82) is 0 Å². The highest BCUT2D eigenvalue weighted by Gasteiger charge is 2.05. The molecule has 96 valence electrons. The lowest BCUT2D eigenvalue weighted by Crippen LogP contribution is -2.30. The Morgan fingerprint density at radius 2 is 1.89 bits per heavy atom. The van der Waals surface area contributed by atoms with Gasteiger partial charge in [0.15, 0.2) is 0 Å². The van der Waals surface area contributed by atoms with Crippen molar-refractivity contribution >= 4 is 23.4 Å². The lowest BCUT2D eigenvalue weighted by Gasteiger charge is -2.05. The fraction of sp³-hybridized carbons (Fsp3) is 0.231. The van der Waals surface area contributed by atoms with Gasteiger partial charge in [-0.05, 0) is 24.3 Å². The zero-order valence-corrected chi connectivity index (χ0v) is 10.7. The summed E-state index contributed by atoms with van der Waals surface area (Å²) in [5.41, 5.74) is 0.519. The van der Waals surface area contributed by atoms with Gasteiger partial charge in [0.25, 0.3) is 5.91 Å². The van der Waals surface area contributed by atoms with Crippen LogP contribution in [0.5, 0.6) is 0 Å². The van der Waals surface area contributed by atoms with Crippen molar-refractivity contribution in [2.24, 2.45) is 0 Å². The molecule has 0 fully saturated rings. The van der Waals surface area contributed by atoms with Crippen LogP contribution in [0.2, 0.25) is 5.02 Å². The van der Waals surface area contributed by atoms with Crippen molar-refractivity contribution in [1.82, 2.24) is 10.6 Å². The van der Waals surface area contributed by atoms with Crippen LogP contribution in [0, 0.1) is 0 Å². The standard InChI is InChI=1S/C13H15ClN2O2/c1-2-8-15-12(17)7-9-16-13(18)10-3-5-11(14)6-4-10/h2-6H,1,7-9H2,(H,15,17)(H,16,18). The Hall–Kier alpha value is -1.81. The Morgan fingerprint density at radius 3 is 2.50 bits per heavy atom. The molecule has 1 aromatic rings. The Labute approximate surface area is 111 Å². The Morgan fingerprint density at radius 1 is 1.22 bits per heavy atom. The normalized spacial score (nSPS) is 9.61. The number of hydrogen-bond donors (Lipinski definition) is 2. The summed E-state index contributed by atoms with van der Waals surface area (Å²) in [4.78, 5) is 22.9. The predicted octanol–water partition coefficient (Wildman–Crippen LogP) is 1.76. The van der Waals surface area contributed by atoms with Gasteiger partial charge in [-0.15, -0.1) is 6.58 Å². The highest BCUT2D eigenvalue weighted by Crippen LogP contribution is 2.09. The number of halogens is 1. The van der Waals surface area contributed by atoms with Crippen LogP contribution < -0.4 is 10.6 Å². The lowest BCUT2D eigenvalue weighted by atomic mass is 10.2. The molecule has 1 aromatic carbocycles. The van der Waals surface area contributed by atoms with Gasteiger partial charge in [-0.25, -0.2) is 0 Å². The molecule has 0 aliphatic heterocycles. The molecule has 2 amide bonds. The molecule has 0 heterocycles. The first-order valence-electron chi connectivity index (χ1n) is 5.55. The van der Waals surface area contributed by atoms with E-state index < -0.39 is 0 Å². The van der Waals surface area contributed by atoms with Crippen molar-refractivity contribution in [3.8, 4) is 0 Å². The molecule has 0 aliphatic carbocycles. The molecule has 0 saturated carbocycles. The van der Waals surface area contributed by atoms with E-state index in [4.69, 9.17) is 11.6 Å². The maximum Gasteiger partial charge on any atom is 0.251 e. The third kappa shape index (κ3) is 5.01. The van der Waals surface area contributed by atoms with Gasteiger partial charge in [0.2, 0.25) is 5.91 Å². The van der Waals surface area contributed by atoms with Gasteiger partial charge in [0.05, 0.1) is 0 Å². The van der Waals surface area contributed by atoms with Crippen molar-refractivity contribution < 1.29 is 9.59 Å². The molecular formula is C13H15ClN2O2. The van der Waals surface area contributed by atoms with Gasteiger partial charge in [-0.1, -0.05) is 17.7 Å². The van der Waals surface area contributed by atoms with E-state index in [9.17, 15) is 9.59 Å². The van der Waals surface area contributed by atoms with E-state index in [0.717, 1.165) is 0 Å². The SMILES string of the molecule is C=CCNC(=O)CCNC(=O)c1ccc(Cl)cc1. The number of hydrogen-bond acceptors (Lipinski definition) is 2. The van der Waals surface area contributed by atoms with Crippen molar-refractivity contribution in [2.45, 2.75) is 6.42 Å². The van der Waals surface area contributed by atoms with E-state index in [-0.39, 0.29) is 18.2 Å². The second-order valence-electron chi connectivity index (χ2n) is 3.61. The molecule has 0 unspecified atom stereocenters. The summed E-state index contributed by atoms with van der Waals surface area (Å²) in [5.74, 6) is -0.338. The maximum absolute atomic E-state index is 11.6. The van der Waals surface area contributed by atoms with Crippen LogP contribution in [-0.2, 0) is 4.79 Å². The second-order valence-corrected chi connectivity index (χ2v) is 4.04.